The molecular formula is C14H11N3O2. The summed E-state index contributed by atoms with van der Waals surface area (Å²) in [6.45, 7) is 0.594. The standard InChI is InChI=1S/C14H11N3O2/c15-8-12(13-6-3-7-19-13)17-9-16-11-5-2-1-4-10(11)14(17)18/h1-2,4-5,9H,3,6-7H2. The maximum atomic E-state index is 12.4. The number of hydrogen-bond donors (Lipinski definition) is 0. The van der Waals surface area contributed by atoms with Crippen LogP contribution in [0, 0.1) is 11.3 Å². The molecule has 0 amide bonds. The van der Waals surface area contributed by atoms with Crippen LogP contribution in [0.15, 0.2) is 41.1 Å². The van der Waals surface area contributed by atoms with E-state index < -0.39 is 0 Å². The first kappa shape index (κ1) is 11.5. The number of nitriles is 1. The predicted molar refractivity (Wildman–Crippen MR) is 70.0 cm³/mol. The van der Waals surface area contributed by atoms with Crippen molar-refractivity contribution in [3.05, 3.63) is 46.7 Å². The van der Waals surface area contributed by atoms with Crippen molar-refractivity contribution >= 4 is 16.6 Å². The molecule has 19 heavy (non-hydrogen) atoms. The van der Waals surface area contributed by atoms with E-state index in [1.807, 2.05) is 12.1 Å². The Bertz CT molecular complexity index is 760. The molecule has 1 aromatic carbocycles. The van der Waals surface area contributed by atoms with Gasteiger partial charge in [0.2, 0.25) is 0 Å². The molecule has 1 fully saturated rings. The minimum atomic E-state index is -0.245. The van der Waals surface area contributed by atoms with Gasteiger partial charge in [0.05, 0.1) is 17.5 Å². The second-order valence-electron chi connectivity index (χ2n) is 4.27. The van der Waals surface area contributed by atoms with E-state index in [0.717, 1.165) is 6.42 Å². The van der Waals surface area contributed by atoms with Crippen LogP contribution in [0.3, 0.4) is 0 Å². The molecule has 0 bridgehead atoms. The third-order valence-electron chi connectivity index (χ3n) is 3.10. The number of allylic oxidation sites excluding steroid dienone is 2. The SMILES string of the molecule is N#CC(=C1CCCO1)n1cnc2ccccc2c1=O. The molecule has 5 heteroatoms. The number of hydrogen-bond acceptors (Lipinski definition) is 4. The fourth-order valence-corrected chi connectivity index (χ4v) is 2.17. The van der Waals surface area contributed by atoms with Crippen molar-refractivity contribution in [2.24, 2.45) is 0 Å². The summed E-state index contributed by atoms with van der Waals surface area (Å²) in [5.74, 6) is 0.571. The van der Waals surface area contributed by atoms with Crippen LogP contribution in [0.2, 0.25) is 0 Å². The van der Waals surface area contributed by atoms with E-state index in [1.165, 1.54) is 10.9 Å². The van der Waals surface area contributed by atoms with Gasteiger partial charge in [0, 0.05) is 6.42 Å². The molecular weight excluding hydrogens is 242 g/mol. The van der Waals surface area contributed by atoms with Gasteiger partial charge in [-0.05, 0) is 18.6 Å². The first-order chi connectivity index (χ1) is 9.31. The van der Waals surface area contributed by atoms with E-state index in [2.05, 4.69) is 4.98 Å². The van der Waals surface area contributed by atoms with Crippen LogP contribution in [0.4, 0.5) is 0 Å². The van der Waals surface area contributed by atoms with Crippen LogP contribution >= 0.6 is 0 Å². The molecule has 0 aliphatic carbocycles. The first-order valence-corrected chi connectivity index (χ1v) is 6.04. The number of rotatable bonds is 1. The molecule has 1 aliphatic heterocycles. The quantitative estimate of drug-likeness (QED) is 0.728. The number of benzene rings is 1. The van der Waals surface area contributed by atoms with Crippen molar-refractivity contribution in [3.63, 3.8) is 0 Å². The Kier molecular flexibility index (Phi) is 2.76. The van der Waals surface area contributed by atoms with Crippen LogP contribution in [0.25, 0.3) is 16.6 Å². The van der Waals surface area contributed by atoms with Gasteiger partial charge < -0.3 is 4.74 Å². The molecule has 5 nitrogen and oxygen atoms in total. The van der Waals surface area contributed by atoms with E-state index in [-0.39, 0.29) is 11.3 Å². The van der Waals surface area contributed by atoms with Gasteiger partial charge in [-0.2, -0.15) is 5.26 Å². The fourth-order valence-electron chi connectivity index (χ4n) is 2.17. The van der Waals surface area contributed by atoms with Gasteiger partial charge in [0.25, 0.3) is 5.56 Å². The summed E-state index contributed by atoms with van der Waals surface area (Å²) in [7, 11) is 0. The van der Waals surface area contributed by atoms with Gasteiger partial charge >= 0.3 is 0 Å². The van der Waals surface area contributed by atoms with Crippen LogP contribution in [0.5, 0.6) is 0 Å². The molecule has 1 saturated heterocycles. The summed E-state index contributed by atoms with van der Waals surface area (Å²) in [5.41, 5.74) is 0.615. The number of aromatic nitrogens is 2. The van der Waals surface area contributed by atoms with Gasteiger partial charge in [-0.1, -0.05) is 12.1 Å². The number of nitrogens with zero attached hydrogens (tertiary/aromatic N) is 3. The fraction of sp³-hybridized carbons (Fsp3) is 0.214. The van der Waals surface area contributed by atoms with Crippen molar-refractivity contribution in [3.8, 4) is 6.07 Å². The third-order valence-corrected chi connectivity index (χ3v) is 3.10. The molecule has 2 aromatic rings. The Morgan fingerprint density at radius 2 is 2.26 bits per heavy atom. The van der Waals surface area contributed by atoms with E-state index in [9.17, 15) is 10.1 Å². The lowest BCUT2D eigenvalue weighted by atomic mass is 10.2. The Morgan fingerprint density at radius 1 is 1.42 bits per heavy atom. The predicted octanol–water partition coefficient (Wildman–Crippen LogP) is 1.90. The Hall–Kier alpha value is -2.61. The molecule has 0 radical (unpaired) electrons. The van der Waals surface area contributed by atoms with E-state index in [0.29, 0.717) is 29.7 Å². The van der Waals surface area contributed by atoms with Crippen LogP contribution in [-0.2, 0) is 4.74 Å². The Balaban J connectivity index is 2.26. The lowest BCUT2D eigenvalue weighted by Crippen LogP contribution is -2.20. The highest BCUT2D eigenvalue weighted by atomic mass is 16.5. The highest BCUT2D eigenvalue weighted by Crippen LogP contribution is 2.22. The molecule has 94 valence electrons. The summed E-state index contributed by atoms with van der Waals surface area (Å²) in [6, 6.07) is 9.12. The summed E-state index contributed by atoms with van der Waals surface area (Å²) in [4.78, 5) is 16.6. The van der Waals surface area contributed by atoms with Crippen molar-refractivity contribution in [1.82, 2.24) is 9.55 Å². The summed E-state index contributed by atoms with van der Waals surface area (Å²) >= 11 is 0. The second-order valence-corrected chi connectivity index (χ2v) is 4.27. The van der Waals surface area contributed by atoms with Crippen molar-refractivity contribution in [1.29, 1.82) is 5.26 Å². The number of para-hydroxylation sites is 1. The topological polar surface area (TPSA) is 67.9 Å². The average Bonchev–Trinajstić information content (AvgIpc) is 2.96. The van der Waals surface area contributed by atoms with Crippen LogP contribution in [0.1, 0.15) is 12.8 Å². The first-order valence-electron chi connectivity index (χ1n) is 6.04. The molecule has 0 N–H and O–H groups in total. The highest BCUT2D eigenvalue weighted by molar-refractivity contribution is 5.78. The van der Waals surface area contributed by atoms with Crippen molar-refractivity contribution in [2.75, 3.05) is 6.61 Å². The second kappa shape index (κ2) is 4.58. The minimum Gasteiger partial charge on any atom is -0.495 e. The monoisotopic (exact) mass is 253 g/mol. The maximum Gasteiger partial charge on any atom is 0.266 e. The Labute approximate surface area is 109 Å². The highest BCUT2D eigenvalue weighted by Gasteiger charge is 2.17. The molecule has 1 aromatic heterocycles. The number of ether oxygens (including phenoxy) is 1. The molecule has 2 heterocycles. The molecule has 0 unspecified atom stereocenters. The lowest BCUT2D eigenvalue weighted by Gasteiger charge is -2.07. The average molecular weight is 253 g/mol. The summed E-state index contributed by atoms with van der Waals surface area (Å²) in [5, 5.41) is 9.76. The zero-order valence-corrected chi connectivity index (χ0v) is 10.2. The zero-order chi connectivity index (χ0) is 13.2. The van der Waals surface area contributed by atoms with Crippen LogP contribution < -0.4 is 5.56 Å². The minimum absolute atomic E-state index is 0.237. The van der Waals surface area contributed by atoms with E-state index >= 15 is 0 Å². The van der Waals surface area contributed by atoms with Gasteiger partial charge in [0.15, 0.2) is 5.70 Å². The maximum absolute atomic E-state index is 12.4. The van der Waals surface area contributed by atoms with Gasteiger partial charge in [-0.3, -0.25) is 9.36 Å². The number of fused-ring (bicyclic) bond motifs is 1. The molecule has 0 spiro atoms. The smallest absolute Gasteiger partial charge is 0.266 e. The van der Waals surface area contributed by atoms with E-state index in [4.69, 9.17) is 4.74 Å². The summed E-state index contributed by atoms with van der Waals surface area (Å²) in [6.07, 6.45) is 2.94. The largest absolute Gasteiger partial charge is 0.495 e. The molecule has 0 saturated carbocycles. The molecule has 3 rings (SSSR count). The third kappa shape index (κ3) is 1.87. The van der Waals surface area contributed by atoms with Crippen LogP contribution in [-0.4, -0.2) is 16.2 Å². The van der Waals surface area contributed by atoms with Crippen molar-refractivity contribution in [2.45, 2.75) is 12.8 Å². The van der Waals surface area contributed by atoms with Gasteiger partial charge in [-0.15, -0.1) is 0 Å². The van der Waals surface area contributed by atoms with E-state index in [1.54, 1.807) is 18.2 Å². The normalized spacial score (nSPS) is 17.0. The molecule has 1 aliphatic rings. The van der Waals surface area contributed by atoms with Gasteiger partial charge in [0.1, 0.15) is 18.2 Å². The molecule has 0 atom stereocenters. The van der Waals surface area contributed by atoms with Gasteiger partial charge in [-0.25, -0.2) is 4.98 Å². The van der Waals surface area contributed by atoms with Crippen molar-refractivity contribution < 1.29 is 4.74 Å². The lowest BCUT2D eigenvalue weighted by molar-refractivity contribution is 0.264. The Morgan fingerprint density at radius 3 is 3.00 bits per heavy atom. The zero-order valence-electron chi connectivity index (χ0n) is 10.2. The summed E-state index contributed by atoms with van der Waals surface area (Å²) < 4.78 is 6.66.